The van der Waals surface area contributed by atoms with Crippen LogP contribution in [0.25, 0.3) is 105 Å². The summed E-state index contributed by atoms with van der Waals surface area (Å²) in [6.07, 6.45) is 0. The van der Waals surface area contributed by atoms with E-state index in [0.29, 0.717) is 17.5 Å². The zero-order chi connectivity index (χ0) is 35.6. The van der Waals surface area contributed by atoms with Crippen LogP contribution < -0.4 is 0 Å². The summed E-state index contributed by atoms with van der Waals surface area (Å²) in [7, 11) is 0. The smallest absolute Gasteiger partial charge is 0.166 e. The predicted molar refractivity (Wildman–Crippen MR) is 221 cm³/mol. The molecule has 11 aromatic rings. The summed E-state index contributed by atoms with van der Waals surface area (Å²) in [6.45, 7) is 0. The zero-order valence-electron chi connectivity index (χ0n) is 29.0. The minimum atomic E-state index is 0.565. The maximum Gasteiger partial charge on any atom is 0.166 e. The van der Waals surface area contributed by atoms with Crippen molar-refractivity contribution in [2.75, 3.05) is 0 Å². The van der Waals surface area contributed by atoms with Crippen LogP contribution in [0.5, 0.6) is 0 Å². The molecule has 0 aliphatic rings. The largest absolute Gasteiger partial charge is 0.454 e. The highest BCUT2D eigenvalue weighted by Gasteiger charge is 2.24. The van der Waals surface area contributed by atoms with Crippen LogP contribution in [0, 0.1) is 0 Å². The number of aromatic nitrogens is 4. The second kappa shape index (κ2) is 12.1. The number of fused-ring (bicyclic) bond motifs is 7. The van der Waals surface area contributed by atoms with Crippen LogP contribution in [-0.2, 0) is 0 Å². The van der Waals surface area contributed by atoms with Crippen LogP contribution in [0.15, 0.2) is 186 Å². The molecule has 0 aliphatic carbocycles. The molecule has 8 aromatic carbocycles. The number of benzene rings is 8. The van der Waals surface area contributed by atoms with Gasteiger partial charge in [-0.15, -0.1) is 0 Å². The molecular weight excluding hydrogens is 661 g/mol. The first-order valence-corrected chi connectivity index (χ1v) is 18.1. The average molecular weight is 691 g/mol. The molecule has 5 heteroatoms. The first kappa shape index (κ1) is 30.3. The molecular formula is C49H30N4O. The van der Waals surface area contributed by atoms with E-state index in [1.165, 1.54) is 16.2 Å². The lowest BCUT2D eigenvalue weighted by Crippen LogP contribution is -2.04. The van der Waals surface area contributed by atoms with Crippen molar-refractivity contribution in [2.24, 2.45) is 0 Å². The number of furan rings is 1. The van der Waals surface area contributed by atoms with Crippen LogP contribution in [0.2, 0.25) is 0 Å². The van der Waals surface area contributed by atoms with E-state index in [1.807, 2.05) is 48.5 Å². The molecule has 0 saturated heterocycles. The third-order valence-electron chi connectivity index (χ3n) is 10.4. The lowest BCUT2D eigenvalue weighted by atomic mass is 10.0. The van der Waals surface area contributed by atoms with Crippen molar-refractivity contribution in [3.8, 4) is 51.0 Å². The van der Waals surface area contributed by atoms with Gasteiger partial charge in [-0.25, -0.2) is 15.0 Å². The number of hydrogen-bond acceptors (Lipinski definition) is 4. The Bertz CT molecular complexity index is 3200. The molecule has 0 fully saturated rings. The monoisotopic (exact) mass is 690 g/mol. The molecule has 54 heavy (non-hydrogen) atoms. The Balaban J connectivity index is 1.23. The van der Waals surface area contributed by atoms with Crippen molar-refractivity contribution in [1.82, 2.24) is 19.5 Å². The van der Waals surface area contributed by atoms with Crippen molar-refractivity contribution in [3.63, 3.8) is 0 Å². The Morgan fingerprint density at radius 1 is 0.370 bits per heavy atom. The van der Waals surface area contributed by atoms with Gasteiger partial charge in [-0.05, 0) is 58.3 Å². The Hall–Kier alpha value is -7.37. The molecule has 5 nitrogen and oxygen atoms in total. The topological polar surface area (TPSA) is 56.7 Å². The van der Waals surface area contributed by atoms with Gasteiger partial charge in [0.25, 0.3) is 0 Å². The van der Waals surface area contributed by atoms with Crippen LogP contribution in [0.4, 0.5) is 0 Å². The number of hydrogen-bond donors (Lipinski definition) is 0. The van der Waals surface area contributed by atoms with E-state index in [0.717, 1.165) is 71.9 Å². The van der Waals surface area contributed by atoms with Gasteiger partial charge in [0.2, 0.25) is 0 Å². The highest BCUT2D eigenvalue weighted by atomic mass is 16.3. The maximum absolute atomic E-state index is 6.85. The quantitative estimate of drug-likeness (QED) is 0.180. The van der Waals surface area contributed by atoms with Gasteiger partial charge >= 0.3 is 0 Å². The minimum absolute atomic E-state index is 0.565. The fourth-order valence-corrected chi connectivity index (χ4v) is 7.86. The summed E-state index contributed by atoms with van der Waals surface area (Å²) in [5.74, 6) is 1.77. The second-order valence-corrected chi connectivity index (χ2v) is 13.6. The lowest BCUT2D eigenvalue weighted by Gasteiger charge is -2.15. The molecule has 0 bridgehead atoms. The van der Waals surface area contributed by atoms with E-state index < -0.39 is 0 Å². The summed E-state index contributed by atoms with van der Waals surface area (Å²) >= 11 is 0. The van der Waals surface area contributed by atoms with Crippen molar-refractivity contribution >= 4 is 54.5 Å². The highest BCUT2D eigenvalue weighted by molar-refractivity contribution is 6.16. The van der Waals surface area contributed by atoms with Crippen molar-refractivity contribution in [2.45, 2.75) is 0 Å². The van der Waals surface area contributed by atoms with E-state index in [-0.39, 0.29) is 0 Å². The van der Waals surface area contributed by atoms with Crippen LogP contribution in [0.3, 0.4) is 0 Å². The molecule has 0 aliphatic heterocycles. The summed E-state index contributed by atoms with van der Waals surface area (Å²) in [6, 6.07) is 63.2. The van der Waals surface area contributed by atoms with Gasteiger partial charge in [0.1, 0.15) is 11.3 Å². The van der Waals surface area contributed by atoms with Crippen LogP contribution >= 0.6 is 0 Å². The first-order chi connectivity index (χ1) is 26.8. The van der Waals surface area contributed by atoms with Gasteiger partial charge < -0.3 is 8.98 Å². The zero-order valence-corrected chi connectivity index (χ0v) is 29.0. The van der Waals surface area contributed by atoms with Crippen molar-refractivity contribution < 1.29 is 4.42 Å². The van der Waals surface area contributed by atoms with E-state index in [2.05, 4.69) is 138 Å². The molecule has 0 spiro atoms. The molecule has 0 unspecified atom stereocenters. The van der Waals surface area contributed by atoms with Gasteiger partial charge in [0.15, 0.2) is 23.1 Å². The Labute approximate surface area is 310 Å². The van der Waals surface area contributed by atoms with Crippen LogP contribution in [-0.4, -0.2) is 19.5 Å². The van der Waals surface area contributed by atoms with Crippen molar-refractivity contribution in [1.29, 1.82) is 0 Å². The number of nitrogens with zero attached hydrogens (tertiary/aromatic N) is 4. The summed E-state index contributed by atoms with van der Waals surface area (Å²) in [5.41, 5.74) is 9.62. The third kappa shape index (κ3) is 4.83. The Morgan fingerprint density at radius 3 is 1.69 bits per heavy atom. The Kier molecular flexibility index (Phi) is 6.79. The molecule has 3 aromatic heterocycles. The van der Waals surface area contributed by atoms with Gasteiger partial charge in [-0.2, -0.15) is 0 Å². The normalized spacial score (nSPS) is 11.7. The summed E-state index contributed by atoms with van der Waals surface area (Å²) in [5, 5.41) is 6.79. The molecule has 11 rings (SSSR count). The van der Waals surface area contributed by atoms with Gasteiger partial charge in [-0.1, -0.05) is 146 Å². The minimum Gasteiger partial charge on any atom is -0.454 e. The van der Waals surface area contributed by atoms with Crippen LogP contribution in [0.1, 0.15) is 0 Å². The van der Waals surface area contributed by atoms with E-state index in [4.69, 9.17) is 19.4 Å². The van der Waals surface area contributed by atoms with E-state index in [1.54, 1.807) is 0 Å². The number of para-hydroxylation sites is 2. The maximum atomic E-state index is 6.85. The molecule has 0 radical (unpaired) electrons. The molecule has 0 atom stereocenters. The fourth-order valence-electron chi connectivity index (χ4n) is 7.86. The SMILES string of the molecule is c1ccc(-c2ccc(-c3nc(-c4ccccc4)nc(-c4ccc5c(oc6ccccc65)c4-n4c5ccccc5c5cc6ccccc6cc54)n3)cc2)cc1. The van der Waals surface area contributed by atoms with Gasteiger partial charge in [-0.3, -0.25) is 0 Å². The molecule has 0 amide bonds. The second-order valence-electron chi connectivity index (χ2n) is 13.6. The number of rotatable bonds is 5. The van der Waals surface area contributed by atoms with E-state index in [9.17, 15) is 0 Å². The average Bonchev–Trinajstić information content (AvgIpc) is 3.78. The molecule has 0 saturated carbocycles. The third-order valence-corrected chi connectivity index (χ3v) is 10.4. The van der Waals surface area contributed by atoms with Crippen molar-refractivity contribution in [3.05, 3.63) is 182 Å². The summed E-state index contributed by atoms with van der Waals surface area (Å²) < 4.78 is 9.19. The Morgan fingerprint density at radius 2 is 0.926 bits per heavy atom. The molecule has 252 valence electrons. The van der Waals surface area contributed by atoms with Gasteiger partial charge in [0, 0.05) is 38.2 Å². The fraction of sp³-hybridized carbons (Fsp3) is 0. The molecule has 3 heterocycles. The molecule has 0 N–H and O–H groups in total. The predicted octanol–water partition coefficient (Wildman–Crippen LogP) is 12.7. The van der Waals surface area contributed by atoms with Gasteiger partial charge in [0.05, 0.1) is 11.0 Å². The van der Waals surface area contributed by atoms with E-state index >= 15 is 0 Å². The lowest BCUT2D eigenvalue weighted by molar-refractivity contribution is 0.666. The first-order valence-electron chi connectivity index (χ1n) is 18.1. The standard InChI is InChI=1S/C49H30N4O/c1-3-13-31(14-4-1)32-23-25-34(26-24-32)48-50-47(33-15-5-2-6-16-33)51-49(52-48)40-28-27-39-38-20-10-12-22-44(38)54-46(39)45(40)53-42-21-11-9-19-37(42)41-29-35-17-7-8-18-36(35)30-43(41)53/h1-30H. The summed E-state index contributed by atoms with van der Waals surface area (Å²) in [4.78, 5) is 15.6. The highest BCUT2D eigenvalue weighted by Crippen LogP contribution is 2.43.